The summed E-state index contributed by atoms with van der Waals surface area (Å²) in [6, 6.07) is 8.85. The number of rotatable bonds is 11. The maximum atomic E-state index is 12.3. The number of carbonyl (C=O) groups is 1. The molecule has 13 heteroatoms. The fourth-order valence-corrected chi connectivity index (χ4v) is 4.98. The van der Waals surface area contributed by atoms with Crippen LogP contribution in [0.3, 0.4) is 0 Å². The molecule has 0 saturated heterocycles. The predicted molar refractivity (Wildman–Crippen MR) is 142 cm³/mol. The van der Waals surface area contributed by atoms with Gasteiger partial charge < -0.3 is 20.3 Å². The molecule has 0 aliphatic carbocycles. The van der Waals surface area contributed by atoms with Crippen molar-refractivity contribution in [1.82, 2.24) is 9.97 Å². The standard InChI is InChI=1S/C24H32N4O7S2/c1-24(2,3)35-23(30)28(4)21-9-6-16(13-26-21)22-27-19-8-7-18(12-20(19)36-22)33-14-17(29)15-34-37(31,32)11-5-10-25/h6-9,12-13,17,29H,5,10-11,14-15,25H2,1-4H3. The van der Waals surface area contributed by atoms with Crippen LogP contribution in [0.2, 0.25) is 0 Å². The van der Waals surface area contributed by atoms with Crippen molar-refractivity contribution < 1.29 is 32.0 Å². The van der Waals surface area contributed by atoms with Crippen LogP contribution in [0.15, 0.2) is 36.5 Å². The molecule has 0 aliphatic rings. The van der Waals surface area contributed by atoms with Gasteiger partial charge in [0, 0.05) is 18.8 Å². The Balaban J connectivity index is 1.61. The molecule has 0 saturated carbocycles. The number of aliphatic hydroxyl groups is 1. The van der Waals surface area contributed by atoms with E-state index in [1.165, 1.54) is 16.2 Å². The van der Waals surface area contributed by atoms with Gasteiger partial charge in [0.25, 0.3) is 10.1 Å². The predicted octanol–water partition coefficient (Wildman–Crippen LogP) is 3.16. The molecule has 0 fully saturated rings. The van der Waals surface area contributed by atoms with E-state index in [1.807, 2.05) is 6.07 Å². The van der Waals surface area contributed by atoms with Crippen LogP contribution in [-0.4, -0.2) is 73.8 Å². The van der Waals surface area contributed by atoms with Gasteiger partial charge in [-0.2, -0.15) is 8.42 Å². The van der Waals surface area contributed by atoms with Crippen LogP contribution in [0, 0.1) is 0 Å². The van der Waals surface area contributed by atoms with Crippen LogP contribution in [0.4, 0.5) is 10.6 Å². The van der Waals surface area contributed by atoms with Gasteiger partial charge in [0.2, 0.25) is 0 Å². The number of aliphatic hydroxyl groups excluding tert-OH is 1. The minimum Gasteiger partial charge on any atom is -0.491 e. The minimum absolute atomic E-state index is 0.139. The van der Waals surface area contributed by atoms with Crippen LogP contribution < -0.4 is 15.4 Å². The zero-order valence-corrected chi connectivity index (χ0v) is 22.8. The number of hydrogen-bond acceptors (Lipinski definition) is 11. The highest BCUT2D eigenvalue weighted by atomic mass is 32.2. The molecular formula is C24H32N4O7S2. The Hall–Kier alpha value is -2.84. The number of amides is 1. The number of carbonyl (C=O) groups excluding carboxylic acids is 1. The molecule has 37 heavy (non-hydrogen) atoms. The molecule has 3 aromatic rings. The lowest BCUT2D eigenvalue weighted by Crippen LogP contribution is -2.34. The summed E-state index contributed by atoms with van der Waals surface area (Å²) in [6.45, 7) is 5.10. The number of anilines is 1. The number of pyridine rings is 1. The molecule has 2 heterocycles. The van der Waals surface area contributed by atoms with Gasteiger partial charge in [-0.15, -0.1) is 11.3 Å². The minimum atomic E-state index is -3.73. The van der Waals surface area contributed by atoms with Gasteiger partial charge >= 0.3 is 6.09 Å². The first kappa shape index (κ1) is 28.7. The molecule has 11 nitrogen and oxygen atoms in total. The summed E-state index contributed by atoms with van der Waals surface area (Å²) in [7, 11) is -2.13. The molecule has 2 aromatic heterocycles. The summed E-state index contributed by atoms with van der Waals surface area (Å²) >= 11 is 1.44. The van der Waals surface area contributed by atoms with E-state index >= 15 is 0 Å². The molecule has 3 rings (SSSR count). The maximum absolute atomic E-state index is 12.3. The fraction of sp³-hybridized carbons (Fsp3) is 0.458. The lowest BCUT2D eigenvalue weighted by molar-refractivity contribution is 0.0588. The average molecular weight is 553 g/mol. The number of aromatic nitrogens is 2. The van der Waals surface area contributed by atoms with Crippen molar-refractivity contribution in [2.24, 2.45) is 5.73 Å². The number of nitrogens with zero attached hydrogens (tertiary/aromatic N) is 3. The van der Waals surface area contributed by atoms with Gasteiger partial charge in [-0.05, 0) is 64.1 Å². The summed E-state index contributed by atoms with van der Waals surface area (Å²) in [5.41, 5.74) is 6.25. The molecule has 1 aromatic carbocycles. The first-order valence-electron chi connectivity index (χ1n) is 11.6. The first-order valence-corrected chi connectivity index (χ1v) is 14.0. The SMILES string of the molecule is CN(C(=O)OC(C)(C)C)c1ccc(-c2nc3ccc(OCC(O)COS(=O)(=O)CCCN)cc3s2)cn1. The van der Waals surface area contributed by atoms with E-state index < -0.39 is 34.5 Å². The lowest BCUT2D eigenvalue weighted by Gasteiger charge is -2.24. The third-order valence-electron chi connectivity index (χ3n) is 4.85. The number of thiazole rings is 1. The van der Waals surface area contributed by atoms with E-state index in [-0.39, 0.29) is 25.3 Å². The molecule has 3 N–H and O–H groups in total. The normalized spacial score (nSPS) is 12.9. The number of ether oxygens (including phenoxy) is 2. The first-order chi connectivity index (χ1) is 17.4. The van der Waals surface area contributed by atoms with Crippen molar-refractivity contribution in [3.63, 3.8) is 0 Å². The van der Waals surface area contributed by atoms with Crippen molar-refractivity contribution in [2.75, 3.05) is 37.5 Å². The molecule has 1 atom stereocenters. The Bertz CT molecular complexity index is 1300. The fourth-order valence-electron chi connectivity index (χ4n) is 2.99. The van der Waals surface area contributed by atoms with E-state index in [0.29, 0.717) is 11.6 Å². The zero-order valence-electron chi connectivity index (χ0n) is 21.2. The molecular weight excluding hydrogens is 520 g/mol. The van der Waals surface area contributed by atoms with Gasteiger partial charge in [-0.1, -0.05) is 0 Å². The summed E-state index contributed by atoms with van der Waals surface area (Å²) in [6.07, 6.45) is 0.312. The third-order valence-corrected chi connectivity index (χ3v) is 7.20. The Kier molecular flexibility index (Phi) is 9.42. The molecule has 1 amide bonds. The average Bonchev–Trinajstić information content (AvgIpc) is 3.27. The van der Waals surface area contributed by atoms with E-state index in [9.17, 15) is 18.3 Å². The second-order valence-electron chi connectivity index (χ2n) is 9.25. The highest BCUT2D eigenvalue weighted by molar-refractivity contribution is 7.86. The Morgan fingerprint density at radius 3 is 2.62 bits per heavy atom. The van der Waals surface area contributed by atoms with E-state index in [4.69, 9.17) is 19.4 Å². The van der Waals surface area contributed by atoms with Crippen molar-refractivity contribution in [2.45, 2.75) is 38.9 Å². The van der Waals surface area contributed by atoms with Gasteiger partial charge in [-0.3, -0.25) is 9.08 Å². The second-order valence-corrected chi connectivity index (χ2v) is 12.0. The molecule has 0 bridgehead atoms. The number of hydrogen-bond donors (Lipinski definition) is 2. The maximum Gasteiger partial charge on any atom is 0.415 e. The van der Waals surface area contributed by atoms with E-state index in [0.717, 1.165) is 20.8 Å². The molecule has 202 valence electrons. The van der Waals surface area contributed by atoms with Crippen molar-refractivity contribution in [1.29, 1.82) is 0 Å². The molecule has 0 aliphatic heterocycles. The van der Waals surface area contributed by atoms with Crippen LogP contribution in [0.1, 0.15) is 27.2 Å². The zero-order chi connectivity index (χ0) is 27.2. The summed E-state index contributed by atoms with van der Waals surface area (Å²) in [4.78, 5) is 22.6. The number of benzene rings is 1. The Labute approximate surface area is 220 Å². The third kappa shape index (κ3) is 8.61. The summed E-state index contributed by atoms with van der Waals surface area (Å²) < 4.78 is 40.0. The van der Waals surface area contributed by atoms with E-state index in [2.05, 4.69) is 9.97 Å². The smallest absolute Gasteiger partial charge is 0.415 e. The topological polar surface area (TPSA) is 154 Å². The Morgan fingerprint density at radius 1 is 1.22 bits per heavy atom. The number of nitrogens with two attached hydrogens (primary N) is 1. The highest BCUT2D eigenvalue weighted by Gasteiger charge is 2.21. The lowest BCUT2D eigenvalue weighted by atomic mass is 10.2. The Morgan fingerprint density at radius 2 is 1.97 bits per heavy atom. The van der Waals surface area contributed by atoms with Crippen molar-refractivity contribution in [3.05, 3.63) is 36.5 Å². The van der Waals surface area contributed by atoms with Gasteiger partial charge in [0.05, 0.1) is 22.6 Å². The number of fused-ring (bicyclic) bond motifs is 1. The van der Waals surface area contributed by atoms with Crippen LogP contribution in [0.5, 0.6) is 5.75 Å². The summed E-state index contributed by atoms with van der Waals surface area (Å²) in [5, 5.41) is 10.8. The largest absolute Gasteiger partial charge is 0.491 e. The van der Waals surface area contributed by atoms with Crippen molar-refractivity contribution >= 4 is 43.6 Å². The van der Waals surface area contributed by atoms with Gasteiger partial charge in [0.1, 0.15) is 34.9 Å². The van der Waals surface area contributed by atoms with Crippen LogP contribution in [0.25, 0.3) is 20.8 Å². The van der Waals surface area contributed by atoms with Crippen molar-refractivity contribution in [3.8, 4) is 16.3 Å². The monoisotopic (exact) mass is 552 g/mol. The van der Waals surface area contributed by atoms with Crippen LogP contribution in [-0.2, 0) is 19.0 Å². The highest BCUT2D eigenvalue weighted by Crippen LogP contribution is 2.32. The summed E-state index contributed by atoms with van der Waals surface area (Å²) in [5.74, 6) is 0.755. The quantitative estimate of drug-likeness (QED) is 0.339. The van der Waals surface area contributed by atoms with Crippen LogP contribution >= 0.6 is 11.3 Å². The van der Waals surface area contributed by atoms with Gasteiger partial charge in [-0.25, -0.2) is 14.8 Å². The molecule has 1 unspecified atom stereocenters. The second kappa shape index (κ2) is 12.1. The molecule has 0 radical (unpaired) electrons. The molecule has 0 spiro atoms. The van der Waals surface area contributed by atoms with Gasteiger partial charge in [0.15, 0.2) is 0 Å². The van der Waals surface area contributed by atoms with E-state index in [1.54, 1.807) is 58.3 Å².